The third-order valence-electron chi connectivity index (χ3n) is 1.77. The van der Waals surface area contributed by atoms with Crippen molar-refractivity contribution in [1.29, 1.82) is 0 Å². The van der Waals surface area contributed by atoms with Crippen LogP contribution in [0.3, 0.4) is 0 Å². The Balaban J connectivity index is 3.85. The minimum absolute atomic E-state index is 0.623. The van der Waals surface area contributed by atoms with Gasteiger partial charge < -0.3 is 0 Å². The fraction of sp³-hybridized carbons (Fsp3) is 0.600. The van der Waals surface area contributed by atoms with Crippen LogP contribution in [0.4, 0.5) is 0 Å². The molecule has 0 aromatic heterocycles. The molecule has 0 bridgehead atoms. The Morgan fingerprint density at radius 1 is 1.07 bits per heavy atom. The highest BCUT2D eigenvalue weighted by Crippen LogP contribution is 2.26. The maximum atomic E-state index is 5.77. The van der Waals surface area contributed by atoms with Crippen molar-refractivity contribution in [1.82, 2.24) is 0 Å². The van der Waals surface area contributed by atoms with Gasteiger partial charge in [0.15, 0.2) is 0 Å². The van der Waals surface area contributed by atoms with Crippen LogP contribution in [-0.4, -0.2) is 6.00 Å². The normalized spacial score (nSPS) is 12.9. The summed E-state index contributed by atoms with van der Waals surface area (Å²) in [6.07, 6.45) is 6.41. The second kappa shape index (κ2) is 6.94. The van der Waals surface area contributed by atoms with Crippen LogP contribution in [0.25, 0.3) is 0 Å². The van der Waals surface area contributed by atoms with E-state index in [0.29, 0.717) is 6.04 Å². The molecule has 0 atom stereocenters. The van der Waals surface area contributed by atoms with E-state index in [9.17, 15) is 0 Å². The maximum absolute atomic E-state index is 5.77. The van der Waals surface area contributed by atoms with Crippen molar-refractivity contribution in [2.45, 2.75) is 39.7 Å². The molecule has 0 aliphatic carbocycles. The monoisotopic (exact) mass is 270 g/mol. The van der Waals surface area contributed by atoms with Crippen LogP contribution in [-0.2, 0) is 0 Å². The minimum atomic E-state index is -2.46. The third-order valence-corrected chi connectivity index (χ3v) is 3.83. The molecule has 0 aromatic rings. The Labute approximate surface area is 102 Å². The Morgan fingerprint density at radius 3 is 2.07 bits per heavy atom. The van der Waals surface area contributed by atoms with Crippen LogP contribution in [0.1, 0.15) is 33.6 Å². The second-order valence-electron chi connectivity index (χ2n) is 3.69. The smallest absolute Gasteiger partial charge is 0.126 e. The zero-order valence-electron chi connectivity index (χ0n) is 8.91. The van der Waals surface area contributed by atoms with Crippen LogP contribution < -0.4 is 0 Å². The molecular formula is C10H17Cl3Si. The number of allylic oxidation sites excluding steroid dienone is 4. The first-order chi connectivity index (χ1) is 6.31. The lowest BCUT2D eigenvalue weighted by Gasteiger charge is -2.04. The highest BCUT2D eigenvalue weighted by Gasteiger charge is 2.22. The first-order valence-corrected chi connectivity index (χ1v) is 9.91. The average molecular weight is 272 g/mol. The Kier molecular flexibility index (Phi) is 7.22. The van der Waals surface area contributed by atoms with Crippen molar-refractivity contribution in [3.63, 3.8) is 0 Å². The molecule has 0 saturated carbocycles. The highest BCUT2D eigenvalue weighted by atomic mass is 35.8. The largest absolute Gasteiger partial charge is 0.344 e. The molecule has 0 heterocycles. The van der Waals surface area contributed by atoms with Crippen LogP contribution in [0, 0.1) is 0 Å². The van der Waals surface area contributed by atoms with Crippen molar-refractivity contribution >= 4 is 39.2 Å². The molecule has 0 spiro atoms. The molecular weight excluding hydrogens is 255 g/mol. The van der Waals surface area contributed by atoms with E-state index in [1.165, 1.54) is 11.1 Å². The van der Waals surface area contributed by atoms with Gasteiger partial charge in [-0.3, -0.25) is 0 Å². The van der Waals surface area contributed by atoms with E-state index in [0.717, 1.165) is 12.8 Å². The van der Waals surface area contributed by atoms with E-state index in [1.807, 2.05) is 0 Å². The minimum Gasteiger partial charge on any atom is -0.126 e. The molecule has 0 amide bonds. The summed E-state index contributed by atoms with van der Waals surface area (Å²) in [5.74, 6) is 0. The topological polar surface area (TPSA) is 0 Å². The van der Waals surface area contributed by atoms with Gasteiger partial charge in [-0.25, -0.2) is 0 Å². The zero-order chi connectivity index (χ0) is 11.2. The fourth-order valence-electron chi connectivity index (χ4n) is 0.981. The van der Waals surface area contributed by atoms with Crippen LogP contribution in [0.5, 0.6) is 0 Å². The van der Waals surface area contributed by atoms with Gasteiger partial charge in [0.2, 0.25) is 0 Å². The van der Waals surface area contributed by atoms with E-state index < -0.39 is 6.00 Å². The lowest BCUT2D eigenvalue weighted by Crippen LogP contribution is -2.06. The standard InChI is InChI=1S/C10H17Cl3Si/c1-9(2)5-4-6-10(3)7-8-14(11,12)13/h5,7H,4,6,8H2,1-3H3/b10-7+. The SMILES string of the molecule is CC(C)=CCC/C(C)=C/C[Si](Cl)(Cl)Cl. The van der Waals surface area contributed by atoms with Crippen LogP contribution in [0.2, 0.25) is 6.04 Å². The highest BCUT2D eigenvalue weighted by molar-refractivity contribution is 7.64. The van der Waals surface area contributed by atoms with Gasteiger partial charge in [-0.05, 0) is 33.6 Å². The molecule has 0 rings (SSSR count). The van der Waals surface area contributed by atoms with Gasteiger partial charge >= 0.3 is 6.00 Å². The predicted molar refractivity (Wildman–Crippen MR) is 70.5 cm³/mol. The zero-order valence-corrected chi connectivity index (χ0v) is 12.2. The molecule has 0 aromatic carbocycles. The molecule has 14 heavy (non-hydrogen) atoms. The van der Waals surface area contributed by atoms with Gasteiger partial charge in [0.05, 0.1) is 0 Å². The van der Waals surface area contributed by atoms with E-state index in [-0.39, 0.29) is 0 Å². The van der Waals surface area contributed by atoms with E-state index in [2.05, 4.69) is 32.9 Å². The van der Waals surface area contributed by atoms with Crippen LogP contribution >= 0.6 is 33.2 Å². The summed E-state index contributed by atoms with van der Waals surface area (Å²) in [7, 11) is 0. The number of hydrogen-bond donors (Lipinski definition) is 0. The summed E-state index contributed by atoms with van der Waals surface area (Å²) in [5.41, 5.74) is 2.66. The van der Waals surface area contributed by atoms with Crippen molar-refractivity contribution in [2.75, 3.05) is 0 Å². The van der Waals surface area contributed by atoms with E-state index in [1.54, 1.807) is 0 Å². The van der Waals surface area contributed by atoms with Gasteiger partial charge in [0.25, 0.3) is 0 Å². The summed E-state index contributed by atoms with van der Waals surface area (Å²) < 4.78 is 0. The van der Waals surface area contributed by atoms with Gasteiger partial charge in [-0.1, -0.05) is 23.3 Å². The Morgan fingerprint density at radius 2 is 1.64 bits per heavy atom. The first kappa shape index (κ1) is 14.6. The lowest BCUT2D eigenvalue weighted by molar-refractivity contribution is 0.963. The molecule has 0 N–H and O–H groups in total. The molecule has 0 aliphatic heterocycles. The second-order valence-corrected chi connectivity index (χ2v) is 12.9. The van der Waals surface area contributed by atoms with Gasteiger partial charge in [0, 0.05) is 6.04 Å². The van der Waals surface area contributed by atoms with Crippen molar-refractivity contribution < 1.29 is 0 Å². The Bertz CT molecular complexity index is 222. The van der Waals surface area contributed by atoms with Crippen molar-refractivity contribution in [3.05, 3.63) is 23.3 Å². The maximum Gasteiger partial charge on any atom is 0.344 e. The molecule has 0 radical (unpaired) electrons. The number of halogens is 3. The van der Waals surface area contributed by atoms with Gasteiger partial charge in [0.1, 0.15) is 0 Å². The predicted octanol–water partition coefficient (Wildman–Crippen LogP) is 5.33. The van der Waals surface area contributed by atoms with Crippen LogP contribution in [0.15, 0.2) is 23.3 Å². The summed E-state index contributed by atoms with van der Waals surface area (Å²) in [4.78, 5) is 0. The molecule has 82 valence electrons. The average Bonchev–Trinajstić information content (AvgIpc) is 1.99. The molecule has 4 heteroatoms. The molecule has 0 fully saturated rings. The lowest BCUT2D eigenvalue weighted by atomic mass is 10.1. The Hall–Kier alpha value is 0.567. The molecule has 0 saturated heterocycles. The molecule has 0 nitrogen and oxygen atoms in total. The van der Waals surface area contributed by atoms with Crippen molar-refractivity contribution in [3.8, 4) is 0 Å². The fourth-order valence-corrected chi connectivity index (χ4v) is 2.25. The number of hydrogen-bond acceptors (Lipinski definition) is 0. The summed E-state index contributed by atoms with van der Waals surface area (Å²) in [6, 6.07) is -1.83. The molecule has 0 aliphatic rings. The summed E-state index contributed by atoms with van der Waals surface area (Å²) in [5, 5.41) is 0. The molecule has 0 unspecified atom stereocenters. The van der Waals surface area contributed by atoms with E-state index in [4.69, 9.17) is 33.2 Å². The van der Waals surface area contributed by atoms with E-state index >= 15 is 0 Å². The van der Waals surface area contributed by atoms with Gasteiger partial charge in [-0.2, -0.15) is 0 Å². The quantitative estimate of drug-likeness (QED) is 0.360. The third kappa shape index (κ3) is 10.6. The van der Waals surface area contributed by atoms with Gasteiger partial charge in [-0.15, -0.1) is 33.2 Å². The number of rotatable bonds is 5. The first-order valence-electron chi connectivity index (χ1n) is 4.67. The summed E-state index contributed by atoms with van der Waals surface area (Å²) in [6.45, 7) is 6.30. The summed E-state index contributed by atoms with van der Waals surface area (Å²) >= 11 is 17.3. The van der Waals surface area contributed by atoms with Crippen molar-refractivity contribution in [2.24, 2.45) is 0 Å².